The van der Waals surface area contributed by atoms with Gasteiger partial charge in [0, 0.05) is 23.7 Å². The zero-order valence-corrected chi connectivity index (χ0v) is 11.9. The van der Waals surface area contributed by atoms with Gasteiger partial charge in [0.15, 0.2) is 0 Å². The monoisotopic (exact) mass is 339 g/mol. The third-order valence-corrected chi connectivity index (χ3v) is 3.01. The molecule has 0 aliphatic heterocycles. The maximum atomic E-state index is 10.7. The Morgan fingerprint density at radius 2 is 2.11 bits per heavy atom. The topological polar surface area (TPSA) is 115 Å². The standard InChI is InChI=1S/C10H14BrN3O3.ClH/c11-8-5-6(14(16)17)4-7(10(8)15)9(13)2-1-3-12;/h4-5,9,15H,1-3,12-13H2;1H/t9-;/m0./s1. The first-order valence-corrected chi connectivity index (χ1v) is 5.89. The molecule has 0 fully saturated rings. The Labute approximate surface area is 119 Å². The van der Waals surface area contributed by atoms with E-state index < -0.39 is 11.0 Å². The molecule has 102 valence electrons. The molecule has 18 heavy (non-hydrogen) atoms. The largest absolute Gasteiger partial charge is 0.506 e. The van der Waals surface area contributed by atoms with Gasteiger partial charge in [-0.2, -0.15) is 0 Å². The number of phenolic OH excluding ortho intramolecular Hbond substituents is 1. The highest BCUT2D eigenvalue weighted by molar-refractivity contribution is 9.10. The van der Waals surface area contributed by atoms with E-state index in [1.807, 2.05) is 0 Å². The molecular weight excluding hydrogens is 325 g/mol. The van der Waals surface area contributed by atoms with Gasteiger partial charge in [-0.25, -0.2) is 0 Å². The predicted octanol–water partition coefficient (Wildman–Crippen LogP) is 2.22. The molecule has 1 atom stereocenters. The van der Waals surface area contributed by atoms with Crippen molar-refractivity contribution in [3.63, 3.8) is 0 Å². The molecule has 0 bridgehead atoms. The number of hydrogen-bond acceptors (Lipinski definition) is 5. The molecule has 0 spiro atoms. The van der Waals surface area contributed by atoms with E-state index in [2.05, 4.69) is 15.9 Å². The second-order valence-corrected chi connectivity index (χ2v) is 4.51. The Balaban J connectivity index is 0.00000289. The molecular formula is C10H15BrClN3O3. The number of aromatic hydroxyl groups is 1. The minimum Gasteiger partial charge on any atom is -0.506 e. The molecule has 0 aliphatic carbocycles. The van der Waals surface area contributed by atoms with Crippen molar-refractivity contribution in [2.24, 2.45) is 11.5 Å². The zero-order chi connectivity index (χ0) is 13.0. The van der Waals surface area contributed by atoms with Crippen molar-refractivity contribution in [3.8, 4) is 5.75 Å². The quantitative estimate of drug-likeness (QED) is 0.561. The van der Waals surface area contributed by atoms with Crippen molar-refractivity contribution >= 4 is 34.0 Å². The van der Waals surface area contributed by atoms with Crippen LogP contribution in [0.5, 0.6) is 5.75 Å². The van der Waals surface area contributed by atoms with E-state index in [4.69, 9.17) is 11.5 Å². The van der Waals surface area contributed by atoms with Crippen LogP contribution in [-0.2, 0) is 0 Å². The van der Waals surface area contributed by atoms with Crippen LogP contribution in [0.15, 0.2) is 16.6 Å². The molecule has 0 unspecified atom stereocenters. The van der Waals surface area contributed by atoms with Crippen LogP contribution in [0.25, 0.3) is 0 Å². The summed E-state index contributed by atoms with van der Waals surface area (Å²) >= 11 is 3.07. The van der Waals surface area contributed by atoms with E-state index in [1.54, 1.807) is 0 Å². The van der Waals surface area contributed by atoms with Gasteiger partial charge in [0.1, 0.15) is 5.75 Å². The van der Waals surface area contributed by atoms with Crippen molar-refractivity contribution in [3.05, 3.63) is 32.3 Å². The summed E-state index contributed by atoms with van der Waals surface area (Å²) in [5.74, 6) is -0.0554. The van der Waals surface area contributed by atoms with Crippen LogP contribution in [0.3, 0.4) is 0 Å². The molecule has 6 nitrogen and oxygen atoms in total. The average Bonchev–Trinajstić information content (AvgIpc) is 2.29. The molecule has 0 aliphatic rings. The van der Waals surface area contributed by atoms with E-state index in [1.165, 1.54) is 12.1 Å². The van der Waals surface area contributed by atoms with Gasteiger partial charge in [-0.1, -0.05) is 0 Å². The molecule has 0 saturated heterocycles. The number of phenols is 1. The van der Waals surface area contributed by atoms with E-state index in [0.29, 0.717) is 24.9 Å². The fourth-order valence-corrected chi connectivity index (χ4v) is 1.95. The lowest BCUT2D eigenvalue weighted by molar-refractivity contribution is -0.385. The lowest BCUT2D eigenvalue weighted by Crippen LogP contribution is -2.13. The number of benzene rings is 1. The normalized spacial score (nSPS) is 11.7. The van der Waals surface area contributed by atoms with E-state index in [0.717, 1.165) is 0 Å². The Morgan fingerprint density at radius 3 is 2.61 bits per heavy atom. The van der Waals surface area contributed by atoms with E-state index >= 15 is 0 Å². The minimum atomic E-state index is -0.524. The van der Waals surface area contributed by atoms with Crippen molar-refractivity contribution in [1.29, 1.82) is 0 Å². The third-order valence-electron chi connectivity index (χ3n) is 2.41. The Hall–Kier alpha value is -0.890. The van der Waals surface area contributed by atoms with Crippen LogP contribution in [0.4, 0.5) is 5.69 Å². The summed E-state index contributed by atoms with van der Waals surface area (Å²) in [5.41, 5.74) is 11.5. The molecule has 1 aromatic carbocycles. The number of halogens is 2. The first-order valence-electron chi connectivity index (χ1n) is 5.09. The Bertz CT molecular complexity index is 431. The summed E-state index contributed by atoms with van der Waals surface area (Å²) in [4.78, 5) is 10.2. The highest BCUT2D eigenvalue weighted by atomic mass is 79.9. The average molecular weight is 341 g/mol. The minimum absolute atomic E-state index is 0. The zero-order valence-electron chi connectivity index (χ0n) is 9.51. The maximum absolute atomic E-state index is 10.7. The molecule has 0 saturated carbocycles. The Morgan fingerprint density at radius 1 is 1.50 bits per heavy atom. The molecule has 0 heterocycles. The van der Waals surface area contributed by atoms with Crippen LogP contribution in [-0.4, -0.2) is 16.6 Å². The summed E-state index contributed by atoms with van der Waals surface area (Å²) in [7, 11) is 0. The van der Waals surface area contributed by atoms with Gasteiger partial charge in [0.2, 0.25) is 0 Å². The second-order valence-electron chi connectivity index (χ2n) is 3.66. The highest BCUT2D eigenvalue weighted by Crippen LogP contribution is 2.36. The van der Waals surface area contributed by atoms with Crippen LogP contribution < -0.4 is 11.5 Å². The summed E-state index contributed by atoms with van der Waals surface area (Å²) in [5, 5.41) is 20.5. The van der Waals surface area contributed by atoms with Crippen molar-refractivity contribution < 1.29 is 10.0 Å². The van der Waals surface area contributed by atoms with Crippen LogP contribution in [0, 0.1) is 10.1 Å². The van der Waals surface area contributed by atoms with Crippen LogP contribution in [0.2, 0.25) is 0 Å². The van der Waals surface area contributed by atoms with Crippen LogP contribution >= 0.6 is 28.3 Å². The molecule has 0 aromatic heterocycles. The molecule has 0 amide bonds. The summed E-state index contributed by atoms with van der Waals surface area (Å²) in [6.07, 6.45) is 1.26. The lowest BCUT2D eigenvalue weighted by Gasteiger charge is -2.13. The van der Waals surface area contributed by atoms with Gasteiger partial charge < -0.3 is 16.6 Å². The number of non-ortho nitro benzene ring substituents is 1. The van der Waals surface area contributed by atoms with Crippen molar-refractivity contribution in [2.45, 2.75) is 18.9 Å². The van der Waals surface area contributed by atoms with E-state index in [9.17, 15) is 15.2 Å². The number of nitro benzene ring substituents is 1. The number of nitrogens with two attached hydrogens (primary N) is 2. The number of hydrogen-bond donors (Lipinski definition) is 3. The number of nitrogens with zero attached hydrogens (tertiary/aromatic N) is 1. The predicted molar refractivity (Wildman–Crippen MR) is 74.9 cm³/mol. The smallest absolute Gasteiger partial charge is 0.271 e. The molecule has 8 heteroatoms. The van der Waals surface area contributed by atoms with E-state index in [-0.39, 0.29) is 28.3 Å². The molecule has 0 radical (unpaired) electrons. The summed E-state index contributed by atoms with van der Waals surface area (Å²) < 4.78 is 0.268. The van der Waals surface area contributed by atoms with Gasteiger partial charge >= 0.3 is 0 Å². The molecule has 5 N–H and O–H groups in total. The van der Waals surface area contributed by atoms with Gasteiger partial charge in [-0.15, -0.1) is 12.4 Å². The summed E-state index contributed by atoms with van der Waals surface area (Å²) in [6.45, 7) is 0.491. The molecule has 1 aromatic rings. The summed E-state index contributed by atoms with van der Waals surface area (Å²) in [6, 6.07) is 2.07. The maximum Gasteiger partial charge on any atom is 0.271 e. The van der Waals surface area contributed by atoms with Gasteiger partial charge in [0.05, 0.1) is 9.40 Å². The molecule has 1 rings (SSSR count). The first kappa shape index (κ1) is 17.1. The number of nitro groups is 1. The van der Waals surface area contributed by atoms with Crippen molar-refractivity contribution in [1.82, 2.24) is 0 Å². The lowest BCUT2D eigenvalue weighted by atomic mass is 10.0. The van der Waals surface area contributed by atoms with Crippen LogP contribution in [0.1, 0.15) is 24.4 Å². The fourth-order valence-electron chi connectivity index (χ4n) is 1.49. The van der Waals surface area contributed by atoms with Crippen molar-refractivity contribution in [2.75, 3.05) is 6.54 Å². The van der Waals surface area contributed by atoms with Gasteiger partial charge in [0.25, 0.3) is 5.69 Å². The first-order chi connectivity index (χ1) is 7.97. The van der Waals surface area contributed by atoms with Gasteiger partial charge in [-0.3, -0.25) is 10.1 Å². The third kappa shape index (κ3) is 4.09. The highest BCUT2D eigenvalue weighted by Gasteiger charge is 2.18. The number of rotatable bonds is 5. The SMILES string of the molecule is Cl.NCCC[C@H](N)c1cc([N+](=O)[O-])cc(Br)c1O. The van der Waals surface area contributed by atoms with Gasteiger partial charge in [-0.05, 0) is 35.3 Å². The Kier molecular flexibility index (Phi) is 7.15. The fraction of sp³-hybridized carbons (Fsp3) is 0.400. The second kappa shape index (κ2) is 7.52.